The number of benzene rings is 1. The van der Waals surface area contributed by atoms with E-state index in [4.69, 9.17) is 17.3 Å². The van der Waals surface area contributed by atoms with Crippen molar-refractivity contribution < 1.29 is 19.1 Å². The van der Waals surface area contributed by atoms with Gasteiger partial charge in [0.05, 0.1) is 36.1 Å². The van der Waals surface area contributed by atoms with Crippen molar-refractivity contribution in [1.29, 1.82) is 0 Å². The molecule has 0 heterocycles. The summed E-state index contributed by atoms with van der Waals surface area (Å²) in [7, 11) is 2.45. The maximum Gasteiger partial charge on any atom is 0.340 e. The molecule has 0 saturated heterocycles. The van der Waals surface area contributed by atoms with Crippen LogP contribution in [0.4, 0.5) is 5.69 Å². The van der Waals surface area contributed by atoms with Gasteiger partial charge in [0.1, 0.15) is 0 Å². The van der Waals surface area contributed by atoms with Crippen LogP contribution in [-0.4, -0.2) is 26.2 Å². The predicted octanol–water partition coefficient (Wildman–Crippen LogP) is 1.50. The molecule has 0 atom stereocenters. The normalized spacial score (nSPS) is 9.69. The number of methoxy groups -OCH3 is 2. The molecule has 0 bridgehead atoms. The fourth-order valence-corrected chi connectivity index (χ4v) is 1.39. The van der Waals surface area contributed by atoms with Crippen LogP contribution in [-0.2, 0) is 9.47 Å². The molecule has 2 N–H and O–H groups in total. The number of halogens is 1. The van der Waals surface area contributed by atoms with Crippen LogP contribution in [0.15, 0.2) is 12.1 Å². The number of nitrogen functional groups attached to an aromatic ring is 1. The van der Waals surface area contributed by atoms with Gasteiger partial charge in [0, 0.05) is 0 Å². The average molecular weight is 244 g/mol. The number of rotatable bonds is 2. The summed E-state index contributed by atoms with van der Waals surface area (Å²) in [6.45, 7) is 0. The molecule has 0 saturated carbocycles. The topological polar surface area (TPSA) is 78.6 Å². The summed E-state index contributed by atoms with van der Waals surface area (Å²) in [5.41, 5.74) is 5.83. The van der Waals surface area contributed by atoms with E-state index in [2.05, 4.69) is 9.47 Å². The van der Waals surface area contributed by atoms with E-state index in [1.807, 2.05) is 0 Å². The molecule has 0 radical (unpaired) electrons. The maximum atomic E-state index is 11.3. The molecule has 0 aliphatic heterocycles. The zero-order valence-corrected chi connectivity index (χ0v) is 9.50. The lowest BCUT2D eigenvalue weighted by molar-refractivity contribution is 0.0587. The highest BCUT2D eigenvalue weighted by atomic mass is 35.5. The van der Waals surface area contributed by atoms with Gasteiger partial charge in [-0.1, -0.05) is 11.6 Å². The Kier molecular flexibility index (Phi) is 3.73. The van der Waals surface area contributed by atoms with Crippen LogP contribution in [0.2, 0.25) is 5.02 Å². The fraction of sp³-hybridized carbons (Fsp3) is 0.200. The molecule has 1 aromatic rings. The zero-order chi connectivity index (χ0) is 12.3. The van der Waals surface area contributed by atoms with Gasteiger partial charge in [-0.25, -0.2) is 9.59 Å². The minimum atomic E-state index is -0.617. The molecule has 16 heavy (non-hydrogen) atoms. The molecule has 0 spiro atoms. The number of hydrogen-bond acceptors (Lipinski definition) is 5. The summed E-state index contributed by atoms with van der Waals surface area (Å²) in [6.07, 6.45) is 0. The van der Waals surface area contributed by atoms with E-state index >= 15 is 0 Å². The van der Waals surface area contributed by atoms with Crippen molar-refractivity contribution in [3.63, 3.8) is 0 Å². The van der Waals surface area contributed by atoms with Crippen molar-refractivity contribution >= 4 is 29.2 Å². The SMILES string of the molecule is COC(=O)c1ccc(C(=O)OC)c(Cl)c1N. The van der Waals surface area contributed by atoms with Crippen LogP contribution in [0.1, 0.15) is 20.7 Å². The first-order valence-corrected chi connectivity index (χ1v) is 4.65. The molecule has 1 rings (SSSR count). The number of carbonyl (C=O) groups excluding carboxylic acids is 2. The predicted molar refractivity (Wildman–Crippen MR) is 58.5 cm³/mol. The number of nitrogens with two attached hydrogens (primary N) is 1. The molecule has 0 aliphatic rings. The van der Waals surface area contributed by atoms with Crippen molar-refractivity contribution in [3.05, 3.63) is 28.3 Å². The van der Waals surface area contributed by atoms with Gasteiger partial charge in [-0.15, -0.1) is 0 Å². The smallest absolute Gasteiger partial charge is 0.340 e. The second-order valence-electron chi connectivity index (χ2n) is 2.87. The third kappa shape index (κ3) is 2.09. The molecule has 1 aromatic carbocycles. The third-order valence-corrected chi connectivity index (χ3v) is 2.40. The van der Waals surface area contributed by atoms with Crippen LogP contribution in [0.3, 0.4) is 0 Å². The summed E-state index contributed by atoms with van der Waals surface area (Å²) in [4.78, 5) is 22.5. The molecule has 0 aliphatic carbocycles. The molecule has 0 amide bonds. The largest absolute Gasteiger partial charge is 0.465 e. The van der Waals surface area contributed by atoms with Crippen molar-refractivity contribution in [1.82, 2.24) is 0 Å². The van der Waals surface area contributed by atoms with E-state index in [0.29, 0.717) is 0 Å². The van der Waals surface area contributed by atoms with Crippen LogP contribution < -0.4 is 5.73 Å². The first kappa shape index (κ1) is 12.3. The van der Waals surface area contributed by atoms with Crippen LogP contribution >= 0.6 is 11.6 Å². The minimum Gasteiger partial charge on any atom is -0.465 e. The van der Waals surface area contributed by atoms with Gasteiger partial charge in [-0.2, -0.15) is 0 Å². The van der Waals surface area contributed by atoms with Crippen molar-refractivity contribution in [3.8, 4) is 0 Å². The standard InChI is InChI=1S/C10H10ClNO4/c1-15-9(13)5-3-4-6(10(14)16-2)8(12)7(5)11/h3-4H,12H2,1-2H3. The Hall–Kier alpha value is -1.75. The Bertz CT molecular complexity index is 404. The van der Waals surface area contributed by atoms with E-state index in [-0.39, 0.29) is 21.8 Å². The summed E-state index contributed by atoms with van der Waals surface area (Å²) in [5.74, 6) is -1.23. The first-order chi connectivity index (χ1) is 7.52. The average Bonchev–Trinajstić information content (AvgIpc) is 2.30. The van der Waals surface area contributed by atoms with Crippen molar-refractivity contribution in [2.45, 2.75) is 0 Å². The Labute approximate surface area is 97.1 Å². The van der Waals surface area contributed by atoms with E-state index in [9.17, 15) is 9.59 Å². The zero-order valence-electron chi connectivity index (χ0n) is 8.74. The van der Waals surface area contributed by atoms with E-state index < -0.39 is 11.9 Å². The van der Waals surface area contributed by atoms with Gasteiger partial charge < -0.3 is 15.2 Å². The Morgan fingerprint density at radius 3 is 2.06 bits per heavy atom. The highest BCUT2D eigenvalue weighted by Gasteiger charge is 2.19. The van der Waals surface area contributed by atoms with E-state index in [0.717, 1.165) is 0 Å². The van der Waals surface area contributed by atoms with Gasteiger partial charge in [-0.3, -0.25) is 0 Å². The number of anilines is 1. The Morgan fingerprint density at radius 2 is 1.56 bits per heavy atom. The number of ether oxygens (including phenoxy) is 2. The molecule has 86 valence electrons. The van der Waals surface area contributed by atoms with Crippen LogP contribution in [0.5, 0.6) is 0 Å². The highest BCUT2D eigenvalue weighted by Crippen LogP contribution is 2.28. The first-order valence-electron chi connectivity index (χ1n) is 4.27. The molecule has 5 nitrogen and oxygen atoms in total. The third-order valence-electron chi connectivity index (χ3n) is 1.99. The lowest BCUT2D eigenvalue weighted by atomic mass is 10.1. The van der Waals surface area contributed by atoms with Gasteiger partial charge in [-0.05, 0) is 12.1 Å². The molecular formula is C10H10ClNO4. The number of esters is 2. The lowest BCUT2D eigenvalue weighted by Gasteiger charge is -2.08. The highest BCUT2D eigenvalue weighted by molar-refractivity contribution is 6.36. The second-order valence-corrected chi connectivity index (χ2v) is 3.25. The van der Waals surface area contributed by atoms with Crippen molar-refractivity contribution in [2.24, 2.45) is 0 Å². The second kappa shape index (κ2) is 4.85. The molecule has 6 heteroatoms. The van der Waals surface area contributed by atoms with Gasteiger partial charge >= 0.3 is 11.9 Å². The molecule has 0 unspecified atom stereocenters. The summed E-state index contributed by atoms with van der Waals surface area (Å²) < 4.78 is 9.01. The van der Waals surface area contributed by atoms with Crippen LogP contribution in [0.25, 0.3) is 0 Å². The fourth-order valence-electron chi connectivity index (χ4n) is 1.15. The van der Waals surface area contributed by atoms with Crippen LogP contribution in [0, 0.1) is 0 Å². The summed E-state index contributed by atoms with van der Waals surface area (Å²) >= 11 is 5.84. The van der Waals surface area contributed by atoms with Gasteiger partial charge in [0.15, 0.2) is 0 Å². The molecule has 0 fully saturated rings. The Balaban J connectivity index is 3.28. The quantitative estimate of drug-likeness (QED) is 0.629. The van der Waals surface area contributed by atoms with E-state index in [1.54, 1.807) is 0 Å². The van der Waals surface area contributed by atoms with Gasteiger partial charge in [0.2, 0.25) is 0 Å². The molecular weight excluding hydrogens is 234 g/mol. The maximum absolute atomic E-state index is 11.3. The molecule has 0 aromatic heterocycles. The summed E-state index contributed by atoms with van der Waals surface area (Å²) in [6, 6.07) is 2.72. The number of carbonyl (C=O) groups is 2. The summed E-state index contributed by atoms with van der Waals surface area (Å²) in [5, 5.41) is -0.0187. The van der Waals surface area contributed by atoms with Gasteiger partial charge in [0.25, 0.3) is 0 Å². The minimum absolute atomic E-state index is 0.00332. The lowest BCUT2D eigenvalue weighted by Crippen LogP contribution is -2.10. The Morgan fingerprint density at radius 1 is 1.12 bits per heavy atom. The van der Waals surface area contributed by atoms with E-state index in [1.165, 1.54) is 26.4 Å². The number of hydrogen-bond donors (Lipinski definition) is 1. The monoisotopic (exact) mass is 243 g/mol. The van der Waals surface area contributed by atoms with Crippen molar-refractivity contribution in [2.75, 3.05) is 20.0 Å².